The van der Waals surface area contributed by atoms with Crippen molar-refractivity contribution in [1.29, 1.82) is 0 Å². The number of carbonyl (C=O) groups is 1. The number of nitrogens with zero attached hydrogens (tertiary/aromatic N) is 1. The number of methoxy groups -OCH3 is 1. The highest BCUT2D eigenvalue weighted by atomic mass is 16.5. The summed E-state index contributed by atoms with van der Waals surface area (Å²) in [7, 11) is 1.67. The fraction of sp³-hybridized carbons (Fsp3) is 0.923. The van der Waals surface area contributed by atoms with Crippen molar-refractivity contribution in [3.8, 4) is 0 Å². The Balaban J connectivity index is 1.71. The Kier molecular flexibility index (Phi) is 4.97. The van der Waals surface area contributed by atoms with E-state index in [1.54, 1.807) is 7.11 Å². The molecule has 0 aromatic rings. The molecular weight excluding hydrogens is 232 g/mol. The van der Waals surface area contributed by atoms with Crippen molar-refractivity contribution in [3.05, 3.63) is 0 Å². The molecular formula is C13H24N2O3. The molecule has 2 saturated heterocycles. The third-order valence-corrected chi connectivity index (χ3v) is 4.03. The van der Waals surface area contributed by atoms with E-state index in [1.165, 1.54) is 0 Å². The molecule has 0 aromatic carbocycles. The number of nitrogens with one attached hydrogen (secondary N) is 1. The number of rotatable bonds is 6. The summed E-state index contributed by atoms with van der Waals surface area (Å²) in [5.74, 6) is 0.0967. The molecule has 0 saturated carbocycles. The molecule has 5 nitrogen and oxygen atoms in total. The number of hydrogen-bond acceptors (Lipinski definition) is 4. The van der Waals surface area contributed by atoms with Crippen LogP contribution in [0.1, 0.15) is 32.1 Å². The van der Waals surface area contributed by atoms with Gasteiger partial charge in [-0.25, -0.2) is 0 Å². The Morgan fingerprint density at radius 3 is 2.67 bits per heavy atom. The molecule has 1 amide bonds. The average molecular weight is 256 g/mol. The van der Waals surface area contributed by atoms with Crippen LogP contribution >= 0.6 is 0 Å². The predicted molar refractivity (Wildman–Crippen MR) is 68.3 cm³/mol. The van der Waals surface area contributed by atoms with Gasteiger partial charge in [0.2, 0.25) is 5.91 Å². The Hall–Kier alpha value is -0.650. The van der Waals surface area contributed by atoms with Gasteiger partial charge in [-0.15, -0.1) is 0 Å². The van der Waals surface area contributed by atoms with Gasteiger partial charge in [0.05, 0.1) is 12.6 Å². The van der Waals surface area contributed by atoms with Crippen LogP contribution in [0.4, 0.5) is 0 Å². The van der Waals surface area contributed by atoms with Crippen molar-refractivity contribution in [2.24, 2.45) is 0 Å². The molecule has 2 aliphatic heterocycles. The predicted octanol–water partition coefficient (Wildman–Crippen LogP) is 0.127. The summed E-state index contributed by atoms with van der Waals surface area (Å²) in [4.78, 5) is 14.1. The van der Waals surface area contributed by atoms with Crippen LogP contribution < -0.4 is 5.32 Å². The first-order valence-corrected chi connectivity index (χ1v) is 6.90. The molecule has 2 rings (SSSR count). The van der Waals surface area contributed by atoms with E-state index in [2.05, 4.69) is 10.2 Å². The molecule has 2 N–H and O–H groups in total. The molecule has 0 aliphatic carbocycles. The Morgan fingerprint density at radius 1 is 1.39 bits per heavy atom. The molecule has 2 unspecified atom stereocenters. The fourth-order valence-corrected chi connectivity index (χ4v) is 3.17. The van der Waals surface area contributed by atoms with Crippen LogP contribution in [0.15, 0.2) is 0 Å². The van der Waals surface area contributed by atoms with Gasteiger partial charge in [0.25, 0.3) is 0 Å². The van der Waals surface area contributed by atoms with E-state index in [1.807, 2.05) is 0 Å². The number of aliphatic hydroxyl groups excluding tert-OH is 1. The normalized spacial score (nSPS) is 31.6. The minimum atomic E-state index is -0.163. The molecule has 0 aromatic heterocycles. The number of aliphatic hydroxyl groups is 1. The van der Waals surface area contributed by atoms with E-state index >= 15 is 0 Å². The Labute approximate surface area is 108 Å². The summed E-state index contributed by atoms with van der Waals surface area (Å²) in [6.07, 6.45) is 4.59. The highest BCUT2D eigenvalue weighted by molar-refractivity contribution is 5.78. The average Bonchev–Trinajstić information content (AvgIpc) is 2.59. The van der Waals surface area contributed by atoms with Gasteiger partial charge in [-0.2, -0.15) is 0 Å². The minimum Gasteiger partial charge on any atom is -0.393 e. The SMILES string of the molecule is COCCCNC(=O)CN1C2CCC1CC(O)C2. The summed E-state index contributed by atoms with van der Waals surface area (Å²) in [6.45, 7) is 1.84. The molecule has 0 radical (unpaired) electrons. The van der Waals surface area contributed by atoms with Gasteiger partial charge in [-0.05, 0) is 32.1 Å². The lowest BCUT2D eigenvalue weighted by molar-refractivity contribution is -0.124. The van der Waals surface area contributed by atoms with E-state index in [9.17, 15) is 9.90 Å². The topological polar surface area (TPSA) is 61.8 Å². The number of ether oxygens (including phenoxy) is 1. The second kappa shape index (κ2) is 6.50. The van der Waals surface area contributed by atoms with Crippen LogP contribution in [0.3, 0.4) is 0 Å². The molecule has 104 valence electrons. The first kappa shape index (κ1) is 13.8. The number of piperidine rings is 1. The second-order valence-electron chi connectivity index (χ2n) is 5.38. The van der Waals surface area contributed by atoms with Gasteiger partial charge in [0, 0.05) is 32.3 Å². The summed E-state index contributed by atoms with van der Waals surface area (Å²) in [5.41, 5.74) is 0. The van der Waals surface area contributed by atoms with Gasteiger partial charge in [-0.1, -0.05) is 0 Å². The fourth-order valence-electron chi connectivity index (χ4n) is 3.17. The van der Waals surface area contributed by atoms with Gasteiger partial charge in [0.15, 0.2) is 0 Å². The molecule has 2 bridgehead atoms. The minimum absolute atomic E-state index is 0.0967. The second-order valence-corrected chi connectivity index (χ2v) is 5.38. The quantitative estimate of drug-likeness (QED) is 0.663. The van der Waals surface area contributed by atoms with Crippen molar-refractivity contribution < 1.29 is 14.6 Å². The van der Waals surface area contributed by atoms with Crippen molar-refractivity contribution in [3.63, 3.8) is 0 Å². The molecule has 2 fully saturated rings. The van der Waals surface area contributed by atoms with Gasteiger partial charge in [-0.3, -0.25) is 9.69 Å². The highest BCUT2D eigenvalue weighted by Gasteiger charge is 2.40. The van der Waals surface area contributed by atoms with Crippen LogP contribution in [-0.2, 0) is 9.53 Å². The van der Waals surface area contributed by atoms with Crippen LogP contribution in [0.5, 0.6) is 0 Å². The lowest BCUT2D eigenvalue weighted by Crippen LogP contribution is -2.49. The van der Waals surface area contributed by atoms with E-state index < -0.39 is 0 Å². The molecule has 2 heterocycles. The van der Waals surface area contributed by atoms with Crippen molar-refractivity contribution in [2.45, 2.75) is 50.3 Å². The van der Waals surface area contributed by atoms with Gasteiger partial charge in [0.1, 0.15) is 0 Å². The zero-order valence-electron chi connectivity index (χ0n) is 11.1. The largest absolute Gasteiger partial charge is 0.393 e. The van der Waals surface area contributed by atoms with Crippen molar-refractivity contribution in [1.82, 2.24) is 10.2 Å². The monoisotopic (exact) mass is 256 g/mol. The zero-order valence-corrected chi connectivity index (χ0v) is 11.1. The number of hydrogen-bond donors (Lipinski definition) is 2. The van der Waals surface area contributed by atoms with Gasteiger partial charge < -0.3 is 15.2 Å². The smallest absolute Gasteiger partial charge is 0.234 e. The van der Waals surface area contributed by atoms with E-state index in [0.717, 1.165) is 32.1 Å². The molecule has 18 heavy (non-hydrogen) atoms. The number of amides is 1. The lowest BCUT2D eigenvalue weighted by Gasteiger charge is -2.36. The summed E-state index contributed by atoms with van der Waals surface area (Å²) in [6, 6.07) is 0.812. The molecule has 0 spiro atoms. The highest BCUT2D eigenvalue weighted by Crippen LogP contribution is 2.35. The Morgan fingerprint density at radius 2 is 2.06 bits per heavy atom. The first-order chi connectivity index (χ1) is 8.70. The third-order valence-electron chi connectivity index (χ3n) is 4.03. The van der Waals surface area contributed by atoms with Crippen LogP contribution in [0.2, 0.25) is 0 Å². The summed E-state index contributed by atoms with van der Waals surface area (Å²) >= 11 is 0. The molecule has 5 heteroatoms. The van der Waals surface area contributed by atoms with E-state index in [-0.39, 0.29) is 12.0 Å². The Bertz CT molecular complexity index is 271. The maximum absolute atomic E-state index is 11.8. The van der Waals surface area contributed by atoms with Crippen molar-refractivity contribution in [2.75, 3.05) is 26.8 Å². The first-order valence-electron chi connectivity index (χ1n) is 6.90. The van der Waals surface area contributed by atoms with Gasteiger partial charge >= 0.3 is 0 Å². The lowest BCUT2D eigenvalue weighted by atomic mass is 10.00. The van der Waals surface area contributed by atoms with Crippen molar-refractivity contribution >= 4 is 5.91 Å². The standard InChI is InChI=1S/C13H24N2O3/c1-18-6-2-5-14-13(17)9-15-10-3-4-11(15)8-12(16)7-10/h10-12,16H,2-9H2,1H3,(H,14,17). The maximum Gasteiger partial charge on any atom is 0.234 e. The third kappa shape index (κ3) is 3.43. The maximum atomic E-state index is 11.8. The number of carbonyl (C=O) groups excluding carboxylic acids is 1. The van der Waals surface area contributed by atoms with Crippen LogP contribution in [-0.4, -0.2) is 60.9 Å². The summed E-state index contributed by atoms with van der Waals surface area (Å²) in [5, 5.41) is 12.6. The summed E-state index contributed by atoms with van der Waals surface area (Å²) < 4.78 is 4.94. The molecule has 2 aliphatic rings. The number of fused-ring (bicyclic) bond motifs is 2. The van der Waals surface area contributed by atoms with Crippen LogP contribution in [0.25, 0.3) is 0 Å². The zero-order chi connectivity index (χ0) is 13.0. The van der Waals surface area contributed by atoms with E-state index in [4.69, 9.17) is 4.74 Å². The van der Waals surface area contributed by atoms with Crippen LogP contribution in [0, 0.1) is 0 Å². The molecule has 2 atom stereocenters. The van der Waals surface area contributed by atoms with E-state index in [0.29, 0.717) is 31.8 Å².